The maximum Gasteiger partial charge on any atom is 0.00245 e. The fourth-order valence-electron chi connectivity index (χ4n) is 4.97. The monoisotopic (exact) mass is 370 g/mol. The second-order valence-electron chi connectivity index (χ2n) is 9.56. The normalized spacial score (nSPS) is 14.5. The second kappa shape index (κ2) is 7.59. The van der Waals surface area contributed by atoms with E-state index in [9.17, 15) is 0 Å². The van der Waals surface area contributed by atoms with Gasteiger partial charge < -0.3 is 0 Å². The van der Waals surface area contributed by atoms with Crippen molar-refractivity contribution < 1.29 is 0 Å². The topological polar surface area (TPSA) is 0 Å². The van der Waals surface area contributed by atoms with Crippen molar-refractivity contribution in [3.05, 3.63) is 107 Å². The average Bonchev–Trinajstić information content (AvgIpc) is 2.69. The minimum atomic E-state index is -0.0264. The molecule has 146 valence electrons. The van der Waals surface area contributed by atoms with Crippen LogP contribution in [0, 0.1) is 6.92 Å². The lowest BCUT2D eigenvalue weighted by Gasteiger charge is -2.49. The highest BCUT2D eigenvalue weighted by Crippen LogP contribution is 2.51. The summed E-state index contributed by atoms with van der Waals surface area (Å²) in [6.45, 7) is 14.3. The lowest BCUT2D eigenvalue weighted by Crippen LogP contribution is -2.46. The van der Waals surface area contributed by atoms with E-state index in [-0.39, 0.29) is 16.2 Å². The largest absolute Gasteiger partial charge is 0.0622 e. The van der Waals surface area contributed by atoms with Crippen LogP contribution in [0.15, 0.2) is 84.9 Å². The molecule has 0 amide bonds. The van der Waals surface area contributed by atoms with Gasteiger partial charge in [0.05, 0.1) is 0 Å². The summed E-state index contributed by atoms with van der Waals surface area (Å²) in [4.78, 5) is 0. The van der Waals surface area contributed by atoms with Crippen LogP contribution in [0.1, 0.15) is 63.3 Å². The van der Waals surface area contributed by atoms with Crippen LogP contribution >= 0.6 is 0 Å². The maximum absolute atomic E-state index is 2.45. The van der Waals surface area contributed by atoms with Crippen LogP contribution in [0.2, 0.25) is 0 Å². The molecule has 3 aromatic carbocycles. The zero-order valence-electron chi connectivity index (χ0n) is 18.3. The fourth-order valence-corrected chi connectivity index (χ4v) is 4.97. The van der Waals surface area contributed by atoms with E-state index >= 15 is 0 Å². The molecule has 1 atom stereocenters. The van der Waals surface area contributed by atoms with Crippen molar-refractivity contribution in [3.63, 3.8) is 0 Å². The Morgan fingerprint density at radius 1 is 0.571 bits per heavy atom. The van der Waals surface area contributed by atoms with Gasteiger partial charge in [0.15, 0.2) is 0 Å². The van der Waals surface area contributed by atoms with Gasteiger partial charge in [0.1, 0.15) is 0 Å². The zero-order valence-corrected chi connectivity index (χ0v) is 18.3. The number of rotatable bonds is 6. The summed E-state index contributed by atoms with van der Waals surface area (Å²) in [5.74, 6) is 0. The Morgan fingerprint density at radius 2 is 1.04 bits per heavy atom. The summed E-state index contributed by atoms with van der Waals surface area (Å²) in [6, 6.07) is 30.9. The van der Waals surface area contributed by atoms with Crippen LogP contribution < -0.4 is 0 Å². The minimum Gasteiger partial charge on any atom is -0.0622 e. The van der Waals surface area contributed by atoms with Crippen LogP contribution in [0.5, 0.6) is 0 Å². The molecule has 0 aliphatic rings. The molecule has 0 radical (unpaired) electrons. The van der Waals surface area contributed by atoms with E-state index in [2.05, 4.69) is 126 Å². The summed E-state index contributed by atoms with van der Waals surface area (Å²) in [7, 11) is 0. The van der Waals surface area contributed by atoms with Crippen LogP contribution in [-0.2, 0) is 16.2 Å². The van der Waals surface area contributed by atoms with Crippen LogP contribution in [0.4, 0.5) is 0 Å². The molecule has 0 heterocycles. The van der Waals surface area contributed by atoms with Gasteiger partial charge in [-0.25, -0.2) is 0 Å². The molecule has 0 aromatic heterocycles. The van der Waals surface area contributed by atoms with Crippen LogP contribution in [0.25, 0.3) is 0 Å². The van der Waals surface area contributed by atoms with Gasteiger partial charge in [0.2, 0.25) is 0 Å². The third kappa shape index (κ3) is 3.65. The van der Waals surface area contributed by atoms with Crippen molar-refractivity contribution in [2.45, 2.75) is 64.2 Å². The van der Waals surface area contributed by atoms with Gasteiger partial charge in [0, 0.05) is 5.41 Å². The first-order valence-corrected chi connectivity index (χ1v) is 10.4. The molecule has 0 nitrogen and oxygen atoms in total. The van der Waals surface area contributed by atoms with E-state index in [0.717, 1.165) is 6.42 Å². The molecule has 0 bridgehead atoms. The zero-order chi connectivity index (χ0) is 20.4. The molecule has 28 heavy (non-hydrogen) atoms. The first-order valence-electron chi connectivity index (χ1n) is 10.4. The van der Waals surface area contributed by atoms with Crippen molar-refractivity contribution >= 4 is 0 Å². The summed E-state index contributed by atoms with van der Waals surface area (Å²) in [6.07, 6.45) is 1.07. The third-order valence-electron chi connectivity index (χ3n) is 6.96. The van der Waals surface area contributed by atoms with Crippen molar-refractivity contribution in [3.8, 4) is 0 Å². The van der Waals surface area contributed by atoms with Gasteiger partial charge in [-0.3, -0.25) is 0 Å². The van der Waals surface area contributed by atoms with Gasteiger partial charge >= 0.3 is 0 Å². The first-order chi connectivity index (χ1) is 13.2. The number of aryl methyl sites for hydroxylation is 1. The fraction of sp³-hybridized carbons (Fsp3) is 0.357. The van der Waals surface area contributed by atoms with E-state index in [4.69, 9.17) is 0 Å². The quantitative estimate of drug-likeness (QED) is 0.419. The van der Waals surface area contributed by atoms with Crippen LogP contribution in [-0.4, -0.2) is 0 Å². The maximum atomic E-state index is 2.45. The molecular formula is C28H34. The Balaban J connectivity index is 2.14. The lowest BCUT2D eigenvalue weighted by molar-refractivity contribution is 0.210. The van der Waals surface area contributed by atoms with E-state index in [1.54, 1.807) is 0 Å². The summed E-state index contributed by atoms with van der Waals surface area (Å²) >= 11 is 0. The molecule has 0 saturated heterocycles. The van der Waals surface area contributed by atoms with Gasteiger partial charge in [-0.1, -0.05) is 120 Å². The predicted octanol–water partition coefficient (Wildman–Crippen LogP) is 7.60. The highest BCUT2D eigenvalue weighted by Gasteiger charge is 2.46. The summed E-state index contributed by atoms with van der Waals surface area (Å²) in [5, 5.41) is 0. The molecule has 0 aliphatic heterocycles. The van der Waals surface area contributed by atoms with Gasteiger partial charge in [0.25, 0.3) is 0 Å². The van der Waals surface area contributed by atoms with Crippen LogP contribution in [0.3, 0.4) is 0 Å². The molecule has 0 fully saturated rings. The first kappa shape index (κ1) is 20.4. The highest BCUT2D eigenvalue weighted by atomic mass is 14.5. The third-order valence-corrected chi connectivity index (χ3v) is 6.96. The van der Waals surface area contributed by atoms with E-state index in [1.807, 2.05) is 0 Å². The standard InChI is InChI=1S/C28H34/c1-22-15-13-14-20-25(22)26(2,3)21-28(6,24-18-11-8-12-19-24)27(4,5)23-16-9-7-10-17-23/h7-20H,21H2,1-6H3/t28-/m1/s1. The number of benzene rings is 3. The molecule has 0 saturated carbocycles. The molecule has 0 N–H and O–H groups in total. The molecule has 0 heteroatoms. The highest BCUT2D eigenvalue weighted by molar-refractivity contribution is 5.40. The summed E-state index contributed by atoms with van der Waals surface area (Å²) in [5.41, 5.74) is 5.63. The Morgan fingerprint density at radius 3 is 1.57 bits per heavy atom. The van der Waals surface area contributed by atoms with Crippen molar-refractivity contribution in [2.75, 3.05) is 0 Å². The Bertz CT molecular complexity index is 903. The molecule has 0 spiro atoms. The lowest BCUT2D eigenvalue weighted by atomic mass is 9.54. The Labute approximate surface area is 171 Å². The molecular weight excluding hydrogens is 336 g/mol. The van der Waals surface area contributed by atoms with Crippen molar-refractivity contribution in [1.29, 1.82) is 0 Å². The van der Waals surface area contributed by atoms with Crippen molar-refractivity contribution in [1.82, 2.24) is 0 Å². The number of hydrogen-bond acceptors (Lipinski definition) is 0. The SMILES string of the molecule is Cc1ccccc1C(C)(C)C[C@](C)(c1ccccc1)C(C)(C)c1ccccc1. The van der Waals surface area contributed by atoms with E-state index in [0.29, 0.717) is 0 Å². The Kier molecular flexibility index (Phi) is 5.53. The van der Waals surface area contributed by atoms with Crippen molar-refractivity contribution in [2.24, 2.45) is 0 Å². The smallest absolute Gasteiger partial charge is 0.00245 e. The van der Waals surface area contributed by atoms with Gasteiger partial charge in [-0.15, -0.1) is 0 Å². The summed E-state index contributed by atoms with van der Waals surface area (Å²) < 4.78 is 0. The Hall–Kier alpha value is -2.34. The molecule has 0 unspecified atom stereocenters. The molecule has 3 aromatic rings. The van der Waals surface area contributed by atoms with Gasteiger partial charge in [-0.05, 0) is 46.4 Å². The minimum absolute atomic E-state index is 0.0183. The molecule has 3 rings (SSSR count). The predicted molar refractivity (Wildman–Crippen MR) is 122 cm³/mol. The average molecular weight is 371 g/mol. The van der Waals surface area contributed by atoms with Gasteiger partial charge in [-0.2, -0.15) is 0 Å². The molecule has 0 aliphatic carbocycles. The van der Waals surface area contributed by atoms with E-state index in [1.165, 1.54) is 22.3 Å². The number of hydrogen-bond donors (Lipinski definition) is 0. The van der Waals surface area contributed by atoms with E-state index < -0.39 is 0 Å². The second-order valence-corrected chi connectivity index (χ2v) is 9.56.